The van der Waals surface area contributed by atoms with Crippen molar-refractivity contribution in [3.05, 3.63) is 47.4 Å². The molecule has 3 aromatic rings. The molecule has 3 aromatic heterocycles. The minimum absolute atomic E-state index is 0.308. The molecule has 0 aromatic carbocycles. The third kappa shape index (κ3) is 3.98. The van der Waals surface area contributed by atoms with Crippen molar-refractivity contribution < 1.29 is 4.79 Å². The fourth-order valence-electron chi connectivity index (χ4n) is 5.36. The summed E-state index contributed by atoms with van der Waals surface area (Å²) in [5.74, 6) is 2.39. The number of nitrogens with zero attached hydrogens (tertiary/aromatic N) is 6. The Morgan fingerprint density at radius 3 is 2.74 bits per heavy atom. The number of rotatable bonds is 6. The molecular weight excluding hydrogens is 388 g/mol. The molecule has 0 N–H and O–H groups in total. The van der Waals surface area contributed by atoms with Gasteiger partial charge in [0.25, 0.3) is 0 Å². The molecule has 164 valence electrons. The van der Waals surface area contributed by atoms with E-state index in [1.807, 2.05) is 37.0 Å². The second-order valence-electron chi connectivity index (χ2n) is 9.29. The molecule has 4 heterocycles. The van der Waals surface area contributed by atoms with Gasteiger partial charge in [0.15, 0.2) is 5.65 Å². The van der Waals surface area contributed by atoms with Gasteiger partial charge in [-0.15, -0.1) is 0 Å². The van der Waals surface area contributed by atoms with E-state index in [1.165, 1.54) is 25.7 Å². The quantitative estimate of drug-likeness (QED) is 0.607. The summed E-state index contributed by atoms with van der Waals surface area (Å²) in [5, 5.41) is 4.84. The predicted molar refractivity (Wildman–Crippen MR) is 119 cm³/mol. The number of aryl methyl sites for hydroxylation is 2. The summed E-state index contributed by atoms with van der Waals surface area (Å²) in [6, 6.07) is 2.07. The first-order valence-corrected chi connectivity index (χ1v) is 11.7. The van der Waals surface area contributed by atoms with Crippen molar-refractivity contribution >= 4 is 11.6 Å². The van der Waals surface area contributed by atoms with E-state index < -0.39 is 0 Å². The molecule has 2 fully saturated rings. The SMILES string of the molecule is Cc1nn2c(C3CCN(C(=O)CCC4CCCC4)C3)ccnc2c1Cn1ccnc1C. The molecule has 0 radical (unpaired) electrons. The van der Waals surface area contributed by atoms with Crippen LogP contribution in [0.3, 0.4) is 0 Å². The summed E-state index contributed by atoms with van der Waals surface area (Å²) in [4.78, 5) is 23.8. The van der Waals surface area contributed by atoms with Crippen molar-refractivity contribution in [1.29, 1.82) is 0 Å². The van der Waals surface area contributed by atoms with Gasteiger partial charge in [0.05, 0.1) is 17.9 Å². The average molecular weight is 421 g/mol. The molecule has 0 spiro atoms. The number of amides is 1. The molecule has 1 unspecified atom stereocenters. The number of hydrogen-bond acceptors (Lipinski definition) is 4. The first-order valence-electron chi connectivity index (χ1n) is 11.7. The highest BCUT2D eigenvalue weighted by molar-refractivity contribution is 5.76. The van der Waals surface area contributed by atoms with E-state index in [0.717, 1.165) is 60.3 Å². The number of likely N-dealkylation sites (tertiary alicyclic amines) is 1. The highest BCUT2D eigenvalue weighted by Gasteiger charge is 2.30. The first kappa shape index (κ1) is 20.2. The first-order chi connectivity index (χ1) is 15.1. The van der Waals surface area contributed by atoms with E-state index in [-0.39, 0.29) is 0 Å². The van der Waals surface area contributed by atoms with E-state index in [9.17, 15) is 4.79 Å². The van der Waals surface area contributed by atoms with E-state index in [2.05, 4.69) is 25.5 Å². The third-order valence-corrected chi connectivity index (χ3v) is 7.30. The second kappa shape index (κ2) is 8.44. The summed E-state index contributed by atoms with van der Waals surface area (Å²) in [5.41, 5.74) is 4.20. The van der Waals surface area contributed by atoms with Crippen molar-refractivity contribution in [2.75, 3.05) is 13.1 Å². The van der Waals surface area contributed by atoms with Crippen LogP contribution in [0, 0.1) is 19.8 Å². The van der Waals surface area contributed by atoms with Crippen molar-refractivity contribution in [3.8, 4) is 0 Å². The van der Waals surface area contributed by atoms with Crippen LogP contribution in [0.15, 0.2) is 24.7 Å². The van der Waals surface area contributed by atoms with Crippen LogP contribution in [0.1, 0.15) is 73.6 Å². The summed E-state index contributed by atoms with van der Waals surface area (Å²) in [6.07, 6.45) is 13.8. The fourth-order valence-corrected chi connectivity index (χ4v) is 5.36. The summed E-state index contributed by atoms with van der Waals surface area (Å²) < 4.78 is 4.13. The van der Waals surface area contributed by atoms with Crippen LogP contribution in [0.2, 0.25) is 0 Å². The van der Waals surface area contributed by atoms with Gasteiger partial charge in [0.2, 0.25) is 5.91 Å². The molecule has 1 aliphatic heterocycles. The van der Waals surface area contributed by atoms with Gasteiger partial charge in [-0.1, -0.05) is 25.7 Å². The van der Waals surface area contributed by atoms with E-state index in [1.54, 1.807) is 0 Å². The zero-order valence-electron chi connectivity index (χ0n) is 18.6. The van der Waals surface area contributed by atoms with Crippen LogP contribution in [-0.2, 0) is 11.3 Å². The maximum absolute atomic E-state index is 12.8. The molecule has 1 aliphatic carbocycles. The molecule has 1 saturated heterocycles. The number of hydrogen-bond donors (Lipinski definition) is 0. The number of carbonyl (C=O) groups excluding carboxylic acids is 1. The van der Waals surface area contributed by atoms with Gasteiger partial charge in [0.1, 0.15) is 5.82 Å². The average Bonchev–Trinajstić information content (AvgIpc) is 3.55. The summed E-state index contributed by atoms with van der Waals surface area (Å²) in [6.45, 7) is 6.41. The summed E-state index contributed by atoms with van der Waals surface area (Å²) >= 11 is 0. The standard InChI is InChI=1S/C24H32N6O/c1-17-21(16-28-14-12-25-18(28)2)24-26-11-9-22(30(24)27-17)20-10-13-29(15-20)23(31)8-7-19-5-3-4-6-19/h9,11-12,14,19-20H,3-8,10,13,15-16H2,1-2H3. The minimum Gasteiger partial charge on any atom is -0.342 e. The lowest BCUT2D eigenvalue weighted by molar-refractivity contribution is -0.130. The van der Waals surface area contributed by atoms with Crippen molar-refractivity contribution in [3.63, 3.8) is 0 Å². The van der Waals surface area contributed by atoms with Crippen LogP contribution in [0.25, 0.3) is 5.65 Å². The van der Waals surface area contributed by atoms with Crippen LogP contribution < -0.4 is 0 Å². The number of fused-ring (bicyclic) bond motifs is 1. The molecule has 0 bridgehead atoms. The van der Waals surface area contributed by atoms with Gasteiger partial charge in [-0.2, -0.15) is 5.10 Å². The lowest BCUT2D eigenvalue weighted by Gasteiger charge is -2.18. The van der Waals surface area contributed by atoms with E-state index in [4.69, 9.17) is 5.10 Å². The van der Waals surface area contributed by atoms with Crippen molar-refractivity contribution in [2.24, 2.45) is 5.92 Å². The minimum atomic E-state index is 0.308. The molecule has 7 heteroatoms. The Bertz CT molecular complexity index is 1080. The Morgan fingerprint density at radius 2 is 1.97 bits per heavy atom. The lowest BCUT2D eigenvalue weighted by atomic mass is 10.0. The predicted octanol–water partition coefficient (Wildman–Crippen LogP) is 3.88. The van der Waals surface area contributed by atoms with Crippen molar-refractivity contribution in [1.82, 2.24) is 29.0 Å². The third-order valence-electron chi connectivity index (χ3n) is 7.30. The molecule has 7 nitrogen and oxygen atoms in total. The zero-order valence-corrected chi connectivity index (χ0v) is 18.6. The Balaban J connectivity index is 1.32. The van der Waals surface area contributed by atoms with Gasteiger partial charge in [-0.25, -0.2) is 14.5 Å². The maximum Gasteiger partial charge on any atom is 0.222 e. The van der Waals surface area contributed by atoms with E-state index >= 15 is 0 Å². The lowest BCUT2D eigenvalue weighted by Crippen LogP contribution is -2.28. The van der Waals surface area contributed by atoms with Crippen molar-refractivity contribution in [2.45, 2.75) is 71.3 Å². The van der Waals surface area contributed by atoms with Crippen LogP contribution >= 0.6 is 0 Å². The topological polar surface area (TPSA) is 68.3 Å². The number of aromatic nitrogens is 5. The van der Waals surface area contributed by atoms with Gasteiger partial charge in [0, 0.05) is 49.6 Å². The molecule has 1 atom stereocenters. The van der Waals surface area contributed by atoms with Gasteiger partial charge in [-0.3, -0.25) is 4.79 Å². The smallest absolute Gasteiger partial charge is 0.222 e. The maximum atomic E-state index is 12.8. The number of imidazole rings is 1. The Labute approximate surface area is 183 Å². The van der Waals surface area contributed by atoms with Crippen LogP contribution in [0.5, 0.6) is 0 Å². The molecule has 2 aliphatic rings. The molecule has 1 amide bonds. The summed E-state index contributed by atoms with van der Waals surface area (Å²) in [7, 11) is 0. The van der Waals surface area contributed by atoms with Crippen LogP contribution in [-0.4, -0.2) is 48.0 Å². The Hall–Kier alpha value is -2.70. The highest BCUT2D eigenvalue weighted by atomic mass is 16.2. The Kier molecular flexibility index (Phi) is 5.50. The highest BCUT2D eigenvalue weighted by Crippen LogP contribution is 2.31. The van der Waals surface area contributed by atoms with Gasteiger partial charge in [-0.05, 0) is 38.7 Å². The molecule has 1 saturated carbocycles. The monoisotopic (exact) mass is 420 g/mol. The van der Waals surface area contributed by atoms with Crippen LogP contribution in [0.4, 0.5) is 0 Å². The van der Waals surface area contributed by atoms with E-state index in [0.29, 0.717) is 24.8 Å². The normalized spacial score (nSPS) is 19.7. The number of carbonyl (C=O) groups is 1. The molecular formula is C24H32N6O. The fraction of sp³-hybridized carbons (Fsp3) is 0.583. The second-order valence-corrected chi connectivity index (χ2v) is 9.29. The molecule has 5 rings (SSSR count). The zero-order chi connectivity index (χ0) is 21.4. The largest absolute Gasteiger partial charge is 0.342 e. The van der Waals surface area contributed by atoms with Gasteiger partial charge >= 0.3 is 0 Å². The Morgan fingerprint density at radius 1 is 1.13 bits per heavy atom. The molecule has 31 heavy (non-hydrogen) atoms. The van der Waals surface area contributed by atoms with Gasteiger partial charge < -0.3 is 9.47 Å².